The quantitative estimate of drug-likeness (QED) is 0.838. The third-order valence-corrected chi connectivity index (χ3v) is 3.57. The predicted octanol–water partition coefficient (Wildman–Crippen LogP) is 3.71. The van der Waals surface area contributed by atoms with Crippen molar-refractivity contribution in [3.63, 3.8) is 0 Å². The zero-order valence-corrected chi connectivity index (χ0v) is 13.5. The maximum absolute atomic E-state index is 13.9. The zero-order chi connectivity index (χ0) is 14.6. The second-order valence-corrected chi connectivity index (χ2v) is 5.06. The SMILES string of the molecule is CCOc1c(F)cc([C@H](N)[C@H](O)C(C)CC)cc1Cl.Cl. The van der Waals surface area contributed by atoms with Crippen molar-refractivity contribution in [1.82, 2.24) is 0 Å². The van der Waals surface area contributed by atoms with Crippen molar-refractivity contribution in [1.29, 1.82) is 0 Å². The minimum absolute atomic E-state index is 0. The average molecular weight is 326 g/mol. The van der Waals surface area contributed by atoms with Gasteiger partial charge in [0.05, 0.1) is 23.8 Å². The Labute approximate surface area is 130 Å². The lowest BCUT2D eigenvalue weighted by molar-refractivity contribution is 0.0878. The van der Waals surface area contributed by atoms with Crippen LogP contribution in [0.1, 0.15) is 38.8 Å². The van der Waals surface area contributed by atoms with Crippen molar-refractivity contribution < 1.29 is 14.2 Å². The molecule has 0 spiro atoms. The van der Waals surface area contributed by atoms with Crippen molar-refractivity contribution in [2.45, 2.75) is 39.3 Å². The fourth-order valence-corrected chi connectivity index (χ4v) is 2.12. The lowest BCUT2D eigenvalue weighted by Crippen LogP contribution is -2.31. The molecule has 0 bridgehead atoms. The number of hydrogen-bond donors (Lipinski definition) is 2. The molecule has 0 amide bonds. The van der Waals surface area contributed by atoms with E-state index in [1.165, 1.54) is 6.07 Å². The van der Waals surface area contributed by atoms with Gasteiger partial charge in [0.2, 0.25) is 0 Å². The number of aliphatic hydroxyl groups excluding tert-OH is 1. The molecule has 0 aliphatic carbocycles. The van der Waals surface area contributed by atoms with E-state index in [9.17, 15) is 9.50 Å². The standard InChI is InChI=1S/C14H21ClFNO2.ClH/c1-4-8(3)13(18)12(17)9-6-10(15)14(19-5-2)11(16)7-9;/h6-8,12-13,18H,4-5,17H2,1-3H3;1H/t8?,12-,13+;/m0./s1. The molecule has 116 valence electrons. The fourth-order valence-electron chi connectivity index (χ4n) is 1.85. The third kappa shape index (κ3) is 4.48. The summed E-state index contributed by atoms with van der Waals surface area (Å²) in [5.74, 6) is -0.502. The second kappa shape index (κ2) is 8.67. The van der Waals surface area contributed by atoms with Gasteiger partial charge in [-0.1, -0.05) is 31.9 Å². The van der Waals surface area contributed by atoms with Gasteiger partial charge in [-0.25, -0.2) is 4.39 Å². The number of benzene rings is 1. The second-order valence-electron chi connectivity index (χ2n) is 4.65. The molecule has 0 saturated heterocycles. The molecule has 3 N–H and O–H groups in total. The lowest BCUT2D eigenvalue weighted by atomic mass is 9.91. The molecular weight excluding hydrogens is 304 g/mol. The fraction of sp³-hybridized carbons (Fsp3) is 0.571. The van der Waals surface area contributed by atoms with Crippen LogP contribution in [0.25, 0.3) is 0 Å². The Kier molecular flexibility index (Phi) is 8.44. The Morgan fingerprint density at radius 1 is 1.40 bits per heavy atom. The Balaban J connectivity index is 0.00000361. The summed E-state index contributed by atoms with van der Waals surface area (Å²) in [5.41, 5.74) is 6.43. The number of ether oxygens (including phenoxy) is 1. The van der Waals surface area contributed by atoms with Crippen molar-refractivity contribution in [3.8, 4) is 5.75 Å². The smallest absolute Gasteiger partial charge is 0.173 e. The summed E-state index contributed by atoms with van der Waals surface area (Å²) in [6.45, 7) is 5.95. The summed E-state index contributed by atoms with van der Waals surface area (Å²) < 4.78 is 19.0. The molecule has 0 fully saturated rings. The van der Waals surface area contributed by atoms with Gasteiger partial charge in [0.1, 0.15) is 0 Å². The Bertz CT molecular complexity index is 409. The van der Waals surface area contributed by atoms with Gasteiger partial charge >= 0.3 is 0 Å². The van der Waals surface area contributed by atoms with Crippen molar-refractivity contribution in [2.24, 2.45) is 11.7 Å². The zero-order valence-electron chi connectivity index (χ0n) is 11.9. The molecule has 6 heteroatoms. The molecule has 0 aliphatic rings. The van der Waals surface area contributed by atoms with Crippen LogP contribution in [0.5, 0.6) is 5.75 Å². The Hall–Kier alpha value is -0.550. The average Bonchev–Trinajstić information content (AvgIpc) is 2.40. The van der Waals surface area contributed by atoms with E-state index in [2.05, 4.69) is 0 Å². The largest absolute Gasteiger partial charge is 0.489 e. The number of hydrogen-bond acceptors (Lipinski definition) is 3. The highest BCUT2D eigenvalue weighted by Crippen LogP contribution is 2.32. The Morgan fingerprint density at radius 3 is 2.45 bits per heavy atom. The van der Waals surface area contributed by atoms with E-state index in [-0.39, 0.29) is 29.1 Å². The molecule has 1 unspecified atom stereocenters. The van der Waals surface area contributed by atoms with Gasteiger partial charge in [-0.3, -0.25) is 0 Å². The lowest BCUT2D eigenvalue weighted by Gasteiger charge is -2.24. The van der Waals surface area contributed by atoms with Crippen molar-refractivity contribution >= 4 is 24.0 Å². The molecular formula is C14H22Cl2FNO2. The van der Waals surface area contributed by atoms with Gasteiger partial charge in [-0.05, 0) is 30.5 Å². The molecule has 0 heterocycles. The highest BCUT2D eigenvalue weighted by Gasteiger charge is 2.24. The maximum atomic E-state index is 13.9. The molecule has 1 rings (SSSR count). The highest BCUT2D eigenvalue weighted by molar-refractivity contribution is 6.32. The van der Waals surface area contributed by atoms with Crippen LogP contribution < -0.4 is 10.5 Å². The van der Waals surface area contributed by atoms with Crippen LogP contribution in [0, 0.1) is 11.7 Å². The maximum Gasteiger partial charge on any atom is 0.173 e. The summed E-state index contributed by atoms with van der Waals surface area (Å²) in [6.07, 6.45) is 0.0562. The van der Waals surface area contributed by atoms with Gasteiger partial charge in [0.25, 0.3) is 0 Å². The molecule has 1 aromatic rings. The van der Waals surface area contributed by atoms with Crippen LogP contribution in [0.15, 0.2) is 12.1 Å². The van der Waals surface area contributed by atoms with Crippen LogP contribution in [0.4, 0.5) is 4.39 Å². The third-order valence-electron chi connectivity index (χ3n) is 3.29. The molecule has 3 atom stereocenters. The summed E-state index contributed by atoms with van der Waals surface area (Å²) in [5, 5.41) is 10.2. The van der Waals surface area contributed by atoms with E-state index in [4.69, 9.17) is 22.1 Å². The van der Waals surface area contributed by atoms with Gasteiger partial charge in [-0.2, -0.15) is 0 Å². The van der Waals surface area contributed by atoms with Gasteiger partial charge in [0, 0.05) is 0 Å². The van der Waals surface area contributed by atoms with E-state index in [0.29, 0.717) is 12.2 Å². The molecule has 3 nitrogen and oxygen atoms in total. The summed E-state index contributed by atoms with van der Waals surface area (Å²) in [6, 6.07) is 2.15. The van der Waals surface area contributed by atoms with E-state index < -0.39 is 18.0 Å². The first kappa shape index (κ1) is 19.4. The molecule has 0 radical (unpaired) electrons. The topological polar surface area (TPSA) is 55.5 Å². The summed E-state index contributed by atoms with van der Waals surface area (Å²) in [4.78, 5) is 0. The summed E-state index contributed by atoms with van der Waals surface area (Å²) >= 11 is 5.97. The van der Waals surface area contributed by atoms with Crippen LogP contribution >= 0.6 is 24.0 Å². The first-order valence-corrected chi connectivity index (χ1v) is 6.85. The molecule has 0 aromatic heterocycles. The molecule has 1 aromatic carbocycles. The van der Waals surface area contributed by atoms with Crippen molar-refractivity contribution in [2.75, 3.05) is 6.61 Å². The highest BCUT2D eigenvalue weighted by atomic mass is 35.5. The van der Waals surface area contributed by atoms with E-state index in [1.807, 2.05) is 13.8 Å². The molecule has 0 aliphatic heterocycles. The number of halogens is 3. The molecule has 0 saturated carbocycles. The van der Waals surface area contributed by atoms with Gasteiger partial charge in [-0.15, -0.1) is 12.4 Å². The minimum Gasteiger partial charge on any atom is -0.489 e. The van der Waals surface area contributed by atoms with Crippen molar-refractivity contribution in [3.05, 3.63) is 28.5 Å². The van der Waals surface area contributed by atoms with Gasteiger partial charge in [0.15, 0.2) is 11.6 Å². The normalized spacial score (nSPS) is 15.2. The Morgan fingerprint density at radius 2 is 2.00 bits per heavy atom. The van der Waals surface area contributed by atoms with E-state index in [1.54, 1.807) is 13.0 Å². The van der Waals surface area contributed by atoms with Crippen LogP contribution in [-0.4, -0.2) is 17.8 Å². The van der Waals surface area contributed by atoms with E-state index in [0.717, 1.165) is 6.42 Å². The first-order chi connectivity index (χ1) is 8.92. The minimum atomic E-state index is -0.738. The van der Waals surface area contributed by atoms with Crippen LogP contribution in [0.3, 0.4) is 0 Å². The monoisotopic (exact) mass is 325 g/mol. The van der Waals surface area contributed by atoms with Crippen LogP contribution in [0.2, 0.25) is 5.02 Å². The van der Waals surface area contributed by atoms with E-state index >= 15 is 0 Å². The predicted molar refractivity (Wildman–Crippen MR) is 82.2 cm³/mol. The number of aliphatic hydroxyl groups is 1. The number of nitrogens with two attached hydrogens (primary N) is 1. The number of rotatable bonds is 6. The van der Waals surface area contributed by atoms with Gasteiger partial charge < -0.3 is 15.6 Å². The molecule has 20 heavy (non-hydrogen) atoms. The first-order valence-electron chi connectivity index (χ1n) is 6.47. The summed E-state index contributed by atoms with van der Waals surface area (Å²) in [7, 11) is 0. The van der Waals surface area contributed by atoms with Crippen LogP contribution in [-0.2, 0) is 0 Å².